The van der Waals surface area contributed by atoms with Crippen molar-refractivity contribution in [3.05, 3.63) is 0 Å². The number of likely N-dealkylation sites (N-methyl/N-ethyl adjacent to an activating group) is 1. The van der Waals surface area contributed by atoms with Crippen molar-refractivity contribution in [3.63, 3.8) is 0 Å². The third-order valence-electron chi connectivity index (χ3n) is 6.46. The van der Waals surface area contributed by atoms with Gasteiger partial charge in [0.25, 0.3) is 5.91 Å². The van der Waals surface area contributed by atoms with E-state index in [9.17, 15) is 19.2 Å². The summed E-state index contributed by atoms with van der Waals surface area (Å²) in [5, 5.41) is 12.7. The molecule has 1 atom stereocenters. The number of esters is 1. The van der Waals surface area contributed by atoms with Crippen LogP contribution < -0.4 is 5.32 Å². The normalized spacial score (nSPS) is 17.5. The number of carboxylic acid groups (broad SMARTS) is 1. The first kappa shape index (κ1) is 31.2. The molecule has 0 aromatic heterocycles. The average Bonchev–Trinajstić information content (AvgIpc) is 2.85. The first-order valence-corrected chi connectivity index (χ1v) is 13.5. The molecule has 2 aliphatic rings. The lowest BCUT2D eigenvalue weighted by molar-refractivity contribution is -0.152. The standard InChI is InChI=1S/C13H22N2O6S.C12H23N/c1-9(8-22)13(20)15(6-11(17)18)5-4-12(19)21-7-10(16)14(2)3;1-3-7-11(8-4-1)13-12-9-5-2-6-10-12/h9,22H,4-8H2,1-3H3,(H,17,18);11-13H,1-10H2. The Morgan fingerprint density at radius 3 is 1.91 bits per heavy atom. The number of carbonyl (C=O) groups is 4. The summed E-state index contributed by atoms with van der Waals surface area (Å²) in [5.41, 5.74) is 0. The van der Waals surface area contributed by atoms with Crippen LogP contribution in [-0.4, -0.2) is 90.3 Å². The van der Waals surface area contributed by atoms with Gasteiger partial charge in [-0.3, -0.25) is 19.2 Å². The quantitative estimate of drug-likeness (QED) is 0.286. The Labute approximate surface area is 215 Å². The largest absolute Gasteiger partial charge is 0.480 e. The Balaban J connectivity index is 0.000000394. The van der Waals surface area contributed by atoms with Crippen LogP contribution in [0.1, 0.15) is 77.6 Å². The zero-order chi connectivity index (χ0) is 26.2. The maximum absolute atomic E-state index is 12.0. The highest BCUT2D eigenvalue weighted by Gasteiger charge is 2.23. The molecule has 0 aliphatic heterocycles. The van der Waals surface area contributed by atoms with Crippen LogP contribution in [0.3, 0.4) is 0 Å². The Morgan fingerprint density at radius 2 is 1.49 bits per heavy atom. The van der Waals surface area contributed by atoms with Crippen molar-refractivity contribution < 1.29 is 29.0 Å². The minimum atomic E-state index is -1.17. The second kappa shape index (κ2) is 17.6. The summed E-state index contributed by atoms with van der Waals surface area (Å²) in [6.45, 7) is 0.656. The lowest BCUT2D eigenvalue weighted by Crippen LogP contribution is -2.41. The zero-order valence-corrected chi connectivity index (χ0v) is 22.6. The van der Waals surface area contributed by atoms with E-state index >= 15 is 0 Å². The highest BCUT2D eigenvalue weighted by atomic mass is 32.1. The predicted octanol–water partition coefficient (Wildman–Crippen LogP) is 2.73. The fraction of sp³-hybridized carbons (Fsp3) is 0.840. The van der Waals surface area contributed by atoms with E-state index in [0.717, 1.165) is 17.0 Å². The highest BCUT2D eigenvalue weighted by molar-refractivity contribution is 7.80. The number of rotatable bonds is 11. The molecule has 9 nitrogen and oxygen atoms in total. The van der Waals surface area contributed by atoms with Crippen molar-refractivity contribution in [1.29, 1.82) is 0 Å². The molecule has 0 spiro atoms. The van der Waals surface area contributed by atoms with Crippen LogP contribution >= 0.6 is 12.6 Å². The van der Waals surface area contributed by atoms with Crippen LogP contribution in [0.5, 0.6) is 0 Å². The molecule has 10 heteroatoms. The predicted molar refractivity (Wildman–Crippen MR) is 138 cm³/mol. The topological polar surface area (TPSA) is 116 Å². The van der Waals surface area contributed by atoms with Crippen molar-refractivity contribution in [2.24, 2.45) is 5.92 Å². The van der Waals surface area contributed by atoms with Crippen molar-refractivity contribution in [2.75, 3.05) is 39.5 Å². The van der Waals surface area contributed by atoms with Crippen molar-refractivity contribution in [1.82, 2.24) is 15.1 Å². The van der Waals surface area contributed by atoms with Gasteiger partial charge in [0.1, 0.15) is 6.54 Å². The molecule has 2 amide bonds. The van der Waals surface area contributed by atoms with Gasteiger partial charge in [-0.05, 0) is 25.7 Å². The van der Waals surface area contributed by atoms with Crippen LogP contribution in [0, 0.1) is 5.92 Å². The SMILES string of the molecule is C1CCC(NC2CCCCC2)CC1.CC(CS)C(=O)N(CCC(=O)OCC(=O)N(C)C)CC(=O)O. The number of nitrogens with zero attached hydrogens (tertiary/aromatic N) is 2. The van der Waals surface area contributed by atoms with E-state index in [1.165, 1.54) is 83.2 Å². The van der Waals surface area contributed by atoms with E-state index in [1.54, 1.807) is 6.92 Å². The number of carbonyl (C=O) groups excluding carboxylic acids is 3. The van der Waals surface area contributed by atoms with Gasteiger partial charge in [-0.25, -0.2) is 0 Å². The Bertz CT molecular complexity index is 648. The summed E-state index contributed by atoms with van der Waals surface area (Å²) in [4.78, 5) is 47.9. The maximum Gasteiger partial charge on any atom is 0.323 e. The smallest absolute Gasteiger partial charge is 0.323 e. The lowest BCUT2D eigenvalue weighted by Gasteiger charge is -2.30. The van der Waals surface area contributed by atoms with Gasteiger partial charge < -0.3 is 25.0 Å². The van der Waals surface area contributed by atoms with Gasteiger partial charge in [0.2, 0.25) is 5.91 Å². The van der Waals surface area contributed by atoms with Gasteiger partial charge in [0.15, 0.2) is 6.61 Å². The first-order chi connectivity index (χ1) is 16.6. The second-order valence-corrected chi connectivity index (χ2v) is 10.1. The lowest BCUT2D eigenvalue weighted by atomic mass is 9.91. The third kappa shape index (κ3) is 13.8. The van der Waals surface area contributed by atoms with Crippen LogP contribution in [0.15, 0.2) is 0 Å². The van der Waals surface area contributed by atoms with E-state index in [2.05, 4.69) is 17.9 Å². The molecule has 202 valence electrons. The molecular weight excluding hydrogens is 470 g/mol. The molecule has 2 N–H and O–H groups in total. The van der Waals surface area contributed by atoms with Gasteiger partial charge in [-0.2, -0.15) is 12.6 Å². The van der Waals surface area contributed by atoms with Crippen molar-refractivity contribution in [2.45, 2.75) is 89.6 Å². The molecule has 2 rings (SSSR count). The molecule has 35 heavy (non-hydrogen) atoms. The summed E-state index contributed by atoms with van der Waals surface area (Å²) in [5.74, 6) is -2.77. The highest BCUT2D eigenvalue weighted by Crippen LogP contribution is 2.22. The van der Waals surface area contributed by atoms with Gasteiger partial charge >= 0.3 is 11.9 Å². The molecule has 0 bridgehead atoms. The molecule has 2 saturated carbocycles. The Morgan fingerprint density at radius 1 is 0.971 bits per heavy atom. The molecule has 0 aromatic carbocycles. The average molecular weight is 516 g/mol. The second-order valence-electron chi connectivity index (χ2n) is 9.77. The van der Waals surface area contributed by atoms with Gasteiger partial charge in [0, 0.05) is 44.4 Å². The monoisotopic (exact) mass is 515 g/mol. The molecular formula is C25H45N3O6S. The van der Waals surface area contributed by atoms with E-state index in [0.29, 0.717) is 0 Å². The summed E-state index contributed by atoms with van der Waals surface area (Å²) in [6.07, 6.45) is 14.4. The molecule has 2 fully saturated rings. The number of hydrogen-bond donors (Lipinski definition) is 3. The summed E-state index contributed by atoms with van der Waals surface area (Å²) in [7, 11) is 3.06. The van der Waals surface area contributed by atoms with Gasteiger partial charge in [-0.1, -0.05) is 45.4 Å². The van der Waals surface area contributed by atoms with Crippen LogP contribution in [0.2, 0.25) is 0 Å². The summed E-state index contributed by atoms with van der Waals surface area (Å²) >= 11 is 4.00. The third-order valence-corrected chi connectivity index (χ3v) is 7.00. The number of hydrogen-bond acceptors (Lipinski definition) is 7. The fourth-order valence-electron chi connectivity index (χ4n) is 4.26. The van der Waals surface area contributed by atoms with Gasteiger partial charge in [0.05, 0.1) is 6.42 Å². The van der Waals surface area contributed by atoms with E-state index in [1.807, 2.05) is 0 Å². The Hall–Kier alpha value is -1.81. The molecule has 0 aromatic rings. The number of amides is 2. The zero-order valence-electron chi connectivity index (χ0n) is 21.7. The van der Waals surface area contributed by atoms with Crippen molar-refractivity contribution in [3.8, 4) is 0 Å². The first-order valence-electron chi connectivity index (χ1n) is 12.9. The molecule has 0 heterocycles. The Kier molecular flexibility index (Phi) is 15.7. The van der Waals surface area contributed by atoms with E-state index in [-0.39, 0.29) is 31.2 Å². The van der Waals surface area contributed by atoms with E-state index < -0.39 is 30.3 Å². The molecule has 0 saturated heterocycles. The minimum absolute atomic E-state index is 0.0851. The number of nitrogens with one attached hydrogen (secondary N) is 1. The molecule has 0 radical (unpaired) electrons. The minimum Gasteiger partial charge on any atom is -0.480 e. The van der Waals surface area contributed by atoms with Crippen molar-refractivity contribution >= 4 is 36.4 Å². The molecule has 1 unspecified atom stereocenters. The van der Waals surface area contributed by atoms with Gasteiger partial charge in [-0.15, -0.1) is 0 Å². The number of carboxylic acids is 1. The number of ether oxygens (including phenoxy) is 1. The molecule has 2 aliphatic carbocycles. The van der Waals surface area contributed by atoms with Crippen LogP contribution in [0.4, 0.5) is 0 Å². The number of thiol groups is 1. The van der Waals surface area contributed by atoms with Crippen LogP contribution in [-0.2, 0) is 23.9 Å². The number of aliphatic carboxylic acids is 1. The summed E-state index contributed by atoms with van der Waals surface area (Å²) in [6, 6.07) is 1.74. The fourth-order valence-corrected chi connectivity index (χ4v) is 4.42. The van der Waals surface area contributed by atoms with E-state index in [4.69, 9.17) is 9.84 Å². The summed E-state index contributed by atoms with van der Waals surface area (Å²) < 4.78 is 4.76. The maximum atomic E-state index is 12.0. The van der Waals surface area contributed by atoms with Crippen LogP contribution in [0.25, 0.3) is 0 Å².